The summed E-state index contributed by atoms with van der Waals surface area (Å²) in [5, 5.41) is 0. The average Bonchev–Trinajstić information content (AvgIpc) is 3.17. The van der Waals surface area contributed by atoms with Crippen LogP contribution in [0.2, 0.25) is 0 Å². The predicted octanol–water partition coefficient (Wildman–Crippen LogP) is 6.91. The van der Waals surface area contributed by atoms with E-state index in [9.17, 15) is 4.79 Å². The van der Waals surface area contributed by atoms with Gasteiger partial charge in [0.1, 0.15) is 12.4 Å². The smallest absolute Gasteiger partial charge is 0.335 e. The number of fused-ring (bicyclic) bond motifs is 2. The number of benzene rings is 4. The molecule has 2 unspecified atom stereocenters. The number of methoxy groups -OCH3 is 1. The number of ether oxygens (including phenoxy) is 3. The highest BCUT2D eigenvalue weighted by atomic mass is 16.6. The molecule has 0 saturated carbocycles. The molecule has 5 heteroatoms. The fraction of sp³-hybridized carbons (Fsp3) is 0.342. The second-order valence-electron chi connectivity index (χ2n) is 11.5. The molecule has 0 amide bonds. The maximum atomic E-state index is 12.1. The van der Waals surface area contributed by atoms with Crippen LogP contribution in [0.25, 0.3) is 0 Å². The van der Waals surface area contributed by atoms with Crippen LogP contribution in [0.5, 0.6) is 5.75 Å². The molecular formula is C38H43NO4. The number of carbonyl (C=O) groups is 1. The topological polar surface area (TPSA) is 48.0 Å². The molecule has 0 aromatic heterocycles. The summed E-state index contributed by atoms with van der Waals surface area (Å²) >= 11 is 0. The Balaban J connectivity index is 1.28. The number of carbonyl (C=O) groups excluding carboxylic acids is 1. The fourth-order valence-electron chi connectivity index (χ4n) is 6.06. The molecule has 0 spiro atoms. The van der Waals surface area contributed by atoms with Crippen molar-refractivity contribution in [2.75, 3.05) is 33.9 Å². The van der Waals surface area contributed by atoms with Gasteiger partial charge in [0.15, 0.2) is 6.10 Å². The van der Waals surface area contributed by atoms with Crippen molar-refractivity contribution < 1.29 is 19.0 Å². The summed E-state index contributed by atoms with van der Waals surface area (Å²) in [5.41, 5.74) is 10.6. The summed E-state index contributed by atoms with van der Waals surface area (Å²) in [6, 6.07) is 32.8. The Morgan fingerprint density at radius 2 is 1.60 bits per heavy atom. The van der Waals surface area contributed by atoms with Crippen LogP contribution in [-0.4, -0.2) is 50.9 Å². The minimum Gasteiger partial charge on any atom is -0.492 e. The van der Waals surface area contributed by atoms with Crippen molar-refractivity contribution in [3.05, 3.63) is 136 Å². The quantitative estimate of drug-likeness (QED) is 0.171. The summed E-state index contributed by atoms with van der Waals surface area (Å²) in [6.07, 6.45) is 2.89. The third-order valence-corrected chi connectivity index (χ3v) is 8.34. The van der Waals surface area contributed by atoms with E-state index in [-0.39, 0.29) is 12.0 Å². The first-order valence-corrected chi connectivity index (χ1v) is 15.3. The van der Waals surface area contributed by atoms with Crippen LogP contribution in [0.4, 0.5) is 0 Å². The zero-order valence-electron chi connectivity index (χ0n) is 25.8. The van der Waals surface area contributed by atoms with E-state index in [1.54, 1.807) is 6.92 Å². The van der Waals surface area contributed by atoms with Gasteiger partial charge in [-0.15, -0.1) is 0 Å². The van der Waals surface area contributed by atoms with Crippen LogP contribution in [0.1, 0.15) is 57.5 Å². The SMILES string of the molecule is CCOC(=O)C(Cc1ccc(OCCN(C)C2c3ccc(Cc4ccccc4)cc3CCc3ccc(C)cc32)cc1)OC. The minimum absolute atomic E-state index is 0.165. The zero-order chi connectivity index (χ0) is 30.2. The second-order valence-corrected chi connectivity index (χ2v) is 11.5. The van der Waals surface area contributed by atoms with E-state index in [0.29, 0.717) is 19.6 Å². The van der Waals surface area contributed by atoms with Crippen molar-refractivity contribution in [3.63, 3.8) is 0 Å². The van der Waals surface area contributed by atoms with Crippen LogP contribution in [-0.2, 0) is 40.0 Å². The Labute approximate surface area is 256 Å². The Kier molecular flexibility index (Phi) is 10.3. The lowest BCUT2D eigenvalue weighted by atomic mass is 9.91. The maximum Gasteiger partial charge on any atom is 0.335 e. The normalized spacial score (nSPS) is 14.9. The third kappa shape index (κ3) is 7.73. The number of likely N-dealkylation sites (N-methyl/N-ethyl adjacent to an activating group) is 1. The van der Waals surface area contributed by atoms with Gasteiger partial charge in [-0.1, -0.05) is 84.4 Å². The highest BCUT2D eigenvalue weighted by molar-refractivity contribution is 5.75. The van der Waals surface area contributed by atoms with Crippen LogP contribution in [0.15, 0.2) is 91.0 Å². The van der Waals surface area contributed by atoms with Gasteiger partial charge in [0.25, 0.3) is 0 Å². The monoisotopic (exact) mass is 577 g/mol. The van der Waals surface area contributed by atoms with E-state index in [1.165, 1.54) is 46.1 Å². The molecule has 0 radical (unpaired) electrons. The molecule has 0 saturated heterocycles. The van der Waals surface area contributed by atoms with Gasteiger partial charge >= 0.3 is 5.97 Å². The van der Waals surface area contributed by atoms with Crippen molar-refractivity contribution in [3.8, 4) is 5.75 Å². The predicted molar refractivity (Wildman–Crippen MR) is 172 cm³/mol. The van der Waals surface area contributed by atoms with Crippen molar-refractivity contribution in [2.24, 2.45) is 0 Å². The number of rotatable bonds is 12. The highest BCUT2D eigenvalue weighted by Crippen LogP contribution is 2.37. The summed E-state index contributed by atoms with van der Waals surface area (Å²) < 4.78 is 16.6. The summed E-state index contributed by atoms with van der Waals surface area (Å²) in [7, 11) is 3.74. The number of nitrogens with zero attached hydrogens (tertiary/aromatic N) is 1. The molecule has 0 bridgehead atoms. The lowest BCUT2D eigenvalue weighted by Crippen LogP contribution is -2.30. The molecule has 0 aliphatic heterocycles. The molecular weight excluding hydrogens is 534 g/mol. The molecule has 4 aromatic carbocycles. The molecule has 2 atom stereocenters. The van der Waals surface area contributed by atoms with Crippen molar-refractivity contribution >= 4 is 5.97 Å². The van der Waals surface area contributed by atoms with E-state index in [4.69, 9.17) is 14.2 Å². The van der Waals surface area contributed by atoms with E-state index in [2.05, 4.69) is 85.6 Å². The maximum absolute atomic E-state index is 12.1. The molecule has 5 rings (SSSR count). The Morgan fingerprint density at radius 1 is 0.860 bits per heavy atom. The molecule has 0 heterocycles. The Bertz CT molecular complexity index is 1500. The first-order valence-electron chi connectivity index (χ1n) is 15.3. The van der Waals surface area contributed by atoms with Crippen molar-refractivity contribution in [1.82, 2.24) is 4.90 Å². The summed E-state index contributed by atoms with van der Waals surface area (Å²) in [6.45, 7) is 5.66. The van der Waals surface area contributed by atoms with Crippen LogP contribution < -0.4 is 4.74 Å². The number of aryl methyl sites for hydroxylation is 3. The Hall–Kier alpha value is -3.93. The standard InChI is InChI=1S/C38H43NO4/c1-5-42-38(40)36(41-4)26-29-12-18-33(19-13-29)43-22-21-39(3)37-34-20-14-30(24-28-9-7-6-8-10-28)25-32(34)17-16-31-15-11-27(2)23-35(31)37/h6-15,18-20,23,25,36-37H,5,16-17,21-22,24,26H2,1-4H3. The fourth-order valence-corrected chi connectivity index (χ4v) is 6.06. The number of hydrogen-bond acceptors (Lipinski definition) is 5. The Morgan fingerprint density at radius 3 is 2.35 bits per heavy atom. The van der Waals surface area contributed by atoms with Gasteiger partial charge in [0.05, 0.1) is 12.6 Å². The lowest BCUT2D eigenvalue weighted by Gasteiger charge is -2.31. The van der Waals surface area contributed by atoms with E-state index < -0.39 is 6.10 Å². The van der Waals surface area contributed by atoms with Gasteiger partial charge < -0.3 is 14.2 Å². The number of hydrogen-bond donors (Lipinski definition) is 0. The van der Waals surface area contributed by atoms with Crippen LogP contribution in [0.3, 0.4) is 0 Å². The number of esters is 1. The average molecular weight is 578 g/mol. The van der Waals surface area contributed by atoms with Crippen LogP contribution in [0, 0.1) is 6.92 Å². The van der Waals surface area contributed by atoms with Gasteiger partial charge in [0.2, 0.25) is 0 Å². The van der Waals surface area contributed by atoms with Gasteiger partial charge in [-0.2, -0.15) is 0 Å². The van der Waals surface area contributed by atoms with Gasteiger partial charge in [0, 0.05) is 20.1 Å². The lowest BCUT2D eigenvalue weighted by molar-refractivity contribution is -0.154. The molecule has 43 heavy (non-hydrogen) atoms. The van der Waals surface area contributed by atoms with Gasteiger partial charge in [-0.25, -0.2) is 4.79 Å². The van der Waals surface area contributed by atoms with E-state index in [0.717, 1.165) is 37.1 Å². The molecule has 1 aliphatic rings. The molecule has 224 valence electrons. The first kappa shape index (κ1) is 30.5. The molecule has 0 N–H and O–H groups in total. The molecule has 0 fully saturated rings. The van der Waals surface area contributed by atoms with Gasteiger partial charge in [-0.3, -0.25) is 4.90 Å². The van der Waals surface area contributed by atoms with Crippen molar-refractivity contribution in [1.29, 1.82) is 0 Å². The first-order chi connectivity index (χ1) is 20.9. The minimum atomic E-state index is -0.608. The largest absolute Gasteiger partial charge is 0.492 e. The van der Waals surface area contributed by atoms with E-state index >= 15 is 0 Å². The molecule has 1 aliphatic carbocycles. The molecule has 4 aromatic rings. The molecule has 5 nitrogen and oxygen atoms in total. The van der Waals surface area contributed by atoms with Crippen molar-refractivity contribution in [2.45, 2.75) is 51.7 Å². The van der Waals surface area contributed by atoms with Crippen LogP contribution >= 0.6 is 0 Å². The summed E-state index contributed by atoms with van der Waals surface area (Å²) in [4.78, 5) is 14.5. The van der Waals surface area contributed by atoms with Gasteiger partial charge in [-0.05, 0) is 91.2 Å². The van der Waals surface area contributed by atoms with E-state index in [1.807, 2.05) is 24.3 Å². The second kappa shape index (κ2) is 14.5. The summed E-state index contributed by atoms with van der Waals surface area (Å²) in [5.74, 6) is 0.475. The highest BCUT2D eigenvalue weighted by Gasteiger charge is 2.27. The third-order valence-electron chi connectivity index (χ3n) is 8.34. The zero-order valence-corrected chi connectivity index (χ0v) is 25.8.